The van der Waals surface area contributed by atoms with Crippen molar-refractivity contribution in [2.45, 2.75) is 33.7 Å². The molecule has 1 atom stereocenters. The third-order valence-electron chi connectivity index (χ3n) is 3.83. The lowest BCUT2D eigenvalue weighted by Gasteiger charge is -2.28. The number of rotatable bonds is 3. The first-order valence-electron chi connectivity index (χ1n) is 6.99. The Hall–Kier alpha value is -1.96. The Morgan fingerprint density at radius 1 is 0.900 bits per heavy atom. The van der Waals surface area contributed by atoms with Gasteiger partial charge in [0, 0.05) is 18.3 Å². The summed E-state index contributed by atoms with van der Waals surface area (Å²) in [5.74, 6) is 0.360. The topological polar surface area (TPSA) is 23.5 Å². The molecule has 0 aliphatic carbocycles. The van der Waals surface area contributed by atoms with Crippen molar-refractivity contribution >= 4 is 5.69 Å². The van der Waals surface area contributed by atoms with Crippen molar-refractivity contribution in [2.24, 2.45) is 0 Å². The van der Waals surface area contributed by atoms with Crippen LogP contribution in [-0.2, 0) is 0 Å². The van der Waals surface area contributed by atoms with Crippen molar-refractivity contribution in [3.05, 3.63) is 58.7 Å². The molecule has 2 heteroatoms. The smallest absolute Gasteiger partial charge is 0.120 e. The highest BCUT2D eigenvalue weighted by molar-refractivity contribution is 5.53. The standard InChI is InChI=1S/C18H23NO/c1-12-6-7-18(20)17(11-12)15(4)19(5)16-9-13(2)8-14(3)10-16/h6-11,15,20H,1-5H3. The number of hydrogen-bond donors (Lipinski definition) is 1. The molecule has 0 spiro atoms. The zero-order chi connectivity index (χ0) is 14.9. The molecular weight excluding hydrogens is 246 g/mol. The summed E-state index contributed by atoms with van der Waals surface area (Å²) in [7, 11) is 2.07. The Bertz CT molecular complexity index is 599. The molecule has 20 heavy (non-hydrogen) atoms. The molecule has 0 saturated carbocycles. The summed E-state index contributed by atoms with van der Waals surface area (Å²) in [4.78, 5) is 2.20. The number of aromatic hydroxyl groups is 1. The average molecular weight is 269 g/mol. The third-order valence-corrected chi connectivity index (χ3v) is 3.83. The van der Waals surface area contributed by atoms with E-state index < -0.39 is 0 Å². The molecule has 2 rings (SSSR count). The molecule has 0 heterocycles. The van der Waals surface area contributed by atoms with Gasteiger partial charge in [-0.25, -0.2) is 0 Å². The first kappa shape index (κ1) is 14.4. The van der Waals surface area contributed by atoms with E-state index in [0.29, 0.717) is 5.75 Å². The van der Waals surface area contributed by atoms with E-state index in [-0.39, 0.29) is 6.04 Å². The maximum atomic E-state index is 10.1. The highest BCUT2D eigenvalue weighted by Crippen LogP contribution is 2.32. The van der Waals surface area contributed by atoms with E-state index in [2.05, 4.69) is 57.0 Å². The van der Waals surface area contributed by atoms with E-state index in [1.165, 1.54) is 22.4 Å². The van der Waals surface area contributed by atoms with Crippen LogP contribution in [0.3, 0.4) is 0 Å². The molecule has 0 saturated heterocycles. The predicted molar refractivity (Wildman–Crippen MR) is 85.6 cm³/mol. The fourth-order valence-corrected chi connectivity index (χ4v) is 2.60. The Kier molecular flexibility index (Phi) is 4.03. The van der Waals surface area contributed by atoms with Crippen LogP contribution in [0.4, 0.5) is 5.69 Å². The molecule has 2 nitrogen and oxygen atoms in total. The predicted octanol–water partition coefficient (Wildman–Crippen LogP) is 4.51. The van der Waals surface area contributed by atoms with Crippen LogP contribution in [0.5, 0.6) is 5.75 Å². The van der Waals surface area contributed by atoms with E-state index in [1.807, 2.05) is 13.0 Å². The summed E-state index contributed by atoms with van der Waals surface area (Å²) in [5, 5.41) is 10.1. The van der Waals surface area contributed by atoms with Crippen LogP contribution in [0.25, 0.3) is 0 Å². The zero-order valence-electron chi connectivity index (χ0n) is 12.9. The third kappa shape index (κ3) is 2.96. The maximum Gasteiger partial charge on any atom is 0.120 e. The van der Waals surface area contributed by atoms with Crippen LogP contribution in [0.2, 0.25) is 0 Å². The monoisotopic (exact) mass is 269 g/mol. The van der Waals surface area contributed by atoms with Crippen LogP contribution in [0, 0.1) is 20.8 Å². The number of nitrogens with zero attached hydrogens (tertiary/aromatic N) is 1. The van der Waals surface area contributed by atoms with E-state index >= 15 is 0 Å². The lowest BCUT2D eigenvalue weighted by molar-refractivity contribution is 0.462. The van der Waals surface area contributed by atoms with Gasteiger partial charge in [-0.2, -0.15) is 0 Å². The van der Waals surface area contributed by atoms with Gasteiger partial charge >= 0.3 is 0 Å². The van der Waals surface area contributed by atoms with Crippen molar-refractivity contribution in [2.75, 3.05) is 11.9 Å². The van der Waals surface area contributed by atoms with Gasteiger partial charge in [0.05, 0.1) is 6.04 Å². The lowest BCUT2D eigenvalue weighted by atomic mass is 10.0. The van der Waals surface area contributed by atoms with Crippen molar-refractivity contribution in [1.82, 2.24) is 0 Å². The van der Waals surface area contributed by atoms with Gasteiger partial charge in [0.25, 0.3) is 0 Å². The van der Waals surface area contributed by atoms with Gasteiger partial charge in [-0.3, -0.25) is 0 Å². The Balaban J connectivity index is 2.36. The Labute approximate surface area is 121 Å². The number of hydrogen-bond acceptors (Lipinski definition) is 2. The second-order valence-corrected chi connectivity index (χ2v) is 5.70. The summed E-state index contributed by atoms with van der Waals surface area (Å²) in [6, 6.07) is 12.4. The zero-order valence-corrected chi connectivity index (χ0v) is 12.9. The largest absolute Gasteiger partial charge is 0.508 e. The Morgan fingerprint density at radius 2 is 1.50 bits per heavy atom. The van der Waals surface area contributed by atoms with Crippen LogP contribution >= 0.6 is 0 Å². The fraction of sp³-hybridized carbons (Fsp3) is 0.333. The highest BCUT2D eigenvalue weighted by Gasteiger charge is 2.16. The fourth-order valence-electron chi connectivity index (χ4n) is 2.60. The van der Waals surface area contributed by atoms with Gasteiger partial charge in [-0.15, -0.1) is 0 Å². The number of phenolic OH excluding ortho intramolecular Hbond substituents is 1. The van der Waals surface area contributed by atoms with Gasteiger partial charge in [-0.1, -0.05) is 23.8 Å². The van der Waals surface area contributed by atoms with Crippen LogP contribution in [-0.4, -0.2) is 12.2 Å². The first-order chi connectivity index (χ1) is 9.38. The Morgan fingerprint density at radius 3 is 2.10 bits per heavy atom. The molecule has 2 aromatic rings. The van der Waals surface area contributed by atoms with E-state index in [1.54, 1.807) is 6.07 Å². The first-order valence-corrected chi connectivity index (χ1v) is 6.99. The SMILES string of the molecule is Cc1cc(C)cc(N(C)C(C)c2cc(C)ccc2O)c1. The van der Waals surface area contributed by atoms with Crippen molar-refractivity contribution in [3.8, 4) is 5.75 Å². The summed E-state index contributed by atoms with van der Waals surface area (Å²) in [5.41, 5.74) is 5.82. The van der Waals surface area contributed by atoms with E-state index in [4.69, 9.17) is 0 Å². The van der Waals surface area contributed by atoms with Gasteiger partial charge < -0.3 is 10.0 Å². The van der Waals surface area contributed by atoms with Crippen LogP contribution < -0.4 is 4.90 Å². The molecule has 0 bridgehead atoms. The minimum Gasteiger partial charge on any atom is -0.508 e. The second kappa shape index (κ2) is 5.58. The molecule has 0 fully saturated rings. The summed E-state index contributed by atoms with van der Waals surface area (Å²) >= 11 is 0. The average Bonchev–Trinajstić information content (AvgIpc) is 2.38. The van der Waals surface area contributed by atoms with Crippen LogP contribution in [0.15, 0.2) is 36.4 Å². The molecule has 0 aliphatic rings. The highest BCUT2D eigenvalue weighted by atomic mass is 16.3. The molecule has 1 N–H and O–H groups in total. The second-order valence-electron chi connectivity index (χ2n) is 5.70. The molecule has 0 radical (unpaired) electrons. The van der Waals surface area contributed by atoms with Crippen molar-refractivity contribution in [3.63, 3.8) is 0 Å². The van der Waals surface area contributed by atoms with Crippen molar-refractivity contribution in [1.29, 1.82) is 0 Å². The number of anilines is 1. The molecule has 0 aromatic heterocycles. The molecule has 0 aliphatic heterocycles. The van der Waals surface area contributed by atoms with Gasteiger partial charge in [0.1, 0.15) is 5.75 Å². The summed E-state index contributed by atoms with van der Waals surface area (Å²) < 4.78 is 0. The summed E-state index contributed by atoms with van der Waals surface area (Å²) in [6.07, 6.45) is 0. The normalized spacial score (nSPS) is 12.2. The molecule has 106 valence electrons. The maximum absolute atomic E-state index is 10.1. The lowest BCUT2D eigenvalue weighted by Crippen LogP contribution is -2.22. The minimum absolute atomic E-state index is 0.121. The summed E-state index contributed by atoms with van der Waals surface area (Å²) in [6.45, 7) is 8.39. The minimum atomic E-state index is 0.121. The van der Waals surface area contributed by atoms with Gasteiger partial charge in [-0.05, 0) is 57.0 Å². The molecule has 0 amide bonds. The van der Waals surface area contributed by atoms with E-state index in [9.17, 15) is 5.11 Å². The van der Waals surface area contributed by atoms with Crippen molar-refractivity contribution < 1.29 is 5.11 Å². The molecular formula is C18H23NO. The molecule has 1 unspecified atom stereocenters. The van der Waals surface area contributed by atoms with Gasteiger partial charge in [0.2, 0.25) is 0 Å². The number of aryl methyl sites for hydroxylation is 3. The van der Waals surface area contributed by atoms with E-state index in [0.717, 1.165) is 5.56 Å². The number of phenols is 1. The quantitative estimate of drug-likeness (QED) is 0.886. The molecule has 2 aromatic carbocycles. The number of benzene rings is 2. The van der Waals surface area contributed by atoms with Crippen LogP contribution in [0.1, 0.15) is 35.2 Å². The van der Waals surface area contributed by atoms with Gasteiger partial charge in [0.15, 0.2) is 0 Å².